The molecule has 0 N–H and O–H groups in total. The van der Waals surface area contributed by atoms with Gasteiger partial charge in [-0.05, 0) is 139 Å². The van der Waals surface area contributed by atoms with Crippen LogP contribution in [0.1, 0.15) is 136 Å². The van der Waals surface area contributed by atoms with Crippen LogP contribution in [0.25, 0.3) is 0 Å². The van der Waals surface area contributed by atoms with Crippen LogP contribution in [0.3, 0.4) is 0 Å². The maximum Gasteiger partial charge on any atom is 0.411 e. The Hall–Kier alpha value is -4.74. The molecule has 56 heavy (non-hydrogen) atoms. The fourth-order valence-electron chi connectivity index (χ4n) is 9.47. The predicted molar refractivity (Wildman–Crippen MR) is 204 cm³/mol. The van der Waals surface area contributed by atoms with Gasteiger partial charge in [0.2, 0.25) is 0 Å². The smallest absolute Gasteiger partial charge is 0.411 e. The summed E-state index contributed by atoms with van der Waals surface area (Å²) >= 11 is 0. The van der Waals surface area contributed by atoms with Crippen LogP contribution in [-0.4, -0.2) is 94.1 Å². The topological polar surface area (TPSA) is 146 Å². The molecule has 12 nitrogen and oxygen atoms in total. The van der Waals surface area contributed by atoms with E-state index in [4.69, 9.17) is 18.9 Å². The lowest BCUT2D eigenvalue weighted by Gasteiger charge is -2.31. The van der Waals surface area contributed by atoms with E-state index in [0.29, 0.717) is 36.8 Å². The first kappa shape index (κ1) is 39.5. The van der Waals surface area contributed by atoms with Crippen molar-refractivity contribution in [3.8, 4) is 0 Å². The highest BCUT2D eigenvalue weighted by Crippen LogP contribution is 2.43. The molecule has 2 aromatic rings. The summed E-state index contributed by atoms with van der Waals surface area (Å²) in [5.41, 5.74) is 3.42. The Kier molecular flexibility index (Phi) is 10.8. The molecule has 2 aromatic carbocycles. The lowest BCUT2D eigenvalue weighted by Crippen LogP contribution is -2.48. The number of nitrogens with zero attached hydrogens (tertiary/aromatic N) is 2. The zero-order chi connectivity index (χ0) is 40.1. The quantitative estimate of drug-likeness (QED) is 0.134. The van der Waals surface area contributed by atoms with Crippen molar-refractivity contribution in [2.45, 2.75) is 141 Å². The molecule has 0 aromatic heterocycles. The fourth-order valence-corrected chi connectivity index (χ4v) is 9.47. The zero-order valence-corrected chi connectivity index (χ0v) is 33.4. The first-order chi connectivity index (χ1) is 26.5. The summed E-state index contributed by atoms with van der Waals surface area (Å²) in [6, 6.07) is 9.20. The van der Waals surface area contributed by atoms with Gasteiger partial charge >= 0.3 is 24.1 Å². The number of benzene rings is 2. The number of likely N-dealkylation sites (tertiary alicyclic amines) is 2. The molecule has 0 radical (unpaired) electrons. The van der Waals surface area contributed by atoms with Crippen molar-refractivity contribution >= 4 is 35.7 Å². The summed E-state index contributed by atoms with van der Waals surface area (Å²) in [6.07, 6.45) is 6.56. The van der Waals surface area contributed by atoms with Gasteiger partial charge in [0.25, 0.3) is 0 Å². The van der Waals surface area contributed by atoms with E-state index in [1.807, 2.05) is 24.3 Å². The number of hydrogen-bond acceptors (Lipinski definition) is 10. The van der Waals surface area contributed by atoms with E-state index < -0.39 is 60.6 Å². The van der Waals surface area contributed by atoms with Crippen molar-refractivity contribution < 1.29 is 47.7 Å². The fraction of sp³-hybridized carbons (Fsp3) is 0.591. The van der Waals surface area contributed by atoms with Gasteiger partial charge in [0.15, 0.2) is 24.8 Å². The minimum Gasteiger partial charge on any atom is -0.456 e. The summed E-state index contributed by atoms with van der Waals surface area (Å²) < 4.78 is 22.4. The predicted octanol–water partition coefficient (Wildman–Crippen LogP) is 6.99. The van der Waals surface area contributed by atoms with Crippen LogP contribution in [0.2, 0.25) is 0 Å². The Morgan fingerprint density at radius 3 is 1.34 bits per heavy atom. The summed E-state index contributed by atoms with van der Waals surface area (Å²) in [5.74, 6) is -1.42. The molecule has 7 rings (SSSR count). The maximum absolute atomic E-state index is 13.3. The lowest BCUT2D eigenvalue weighted by molar-refractivity contribution is -0.148. The highest BCUT2D eigenvalue weighted by Gasteiger charge is 2.52. The SMILES string of the molecule is CC(C)(C)OC(=O)N1[C@@H]2CCCC2C[C@H]1C(=O)OCC(=O)c1ccc2c(c1)Cc1ccc(C(=O)COC(=O)[C@@H]3C[C@@H]4CCC[C@@H]4N3C(=O)OC(C)(C)C)cc1C2. The van der Waals surface area contributed by atoms with Gasteiger partial charge in [-0.25, -0.2) is 19.2 Å². The van der Waals surface area contributed by atoms with Crippen LogP contribution >= 0.6 is 0 Å². The molecule has 2 aliphatic heterocycles. The van der Waals surface area contributed by atoms with Gasteiger partial charge in [-0.3, -0.25) is 19.4 Å². The van der Waals surface area contributed by atoms with E-state index in [9.17, 15) is 28.8 Å². The van der Waals surface area contributed by atoms with Crippen LogP contribution in [0.4, 0.5) is 9.59 Å². The highest BCUT2D eigenvalue weighted by atomic mass is 16.6. The first-order valence-electron chi connectivity index (χ1n) is 20.1. The number of ether oxygens (including phenoxy) is 4. The van der Waals surface area contributed by atoms with Gasteiger partial charge in [0.1, 0.15) is 23.3 Å². The molecule has 1 unspecified atom stereocenters. The van der Waals surface area contributed by atoms with Gasteiger partial charge in [-0.1, -0.05) is 37.1 Å². The Labute approximate surface area is 328 Å². The first-order valence-corrected chi connectivity index (χ1v) is 20.1. The van der Waals surface area contributed by atoms with E-state index in [1.165, 1.54) is 0 Å². The molecule has 0 spiro atoms. The van der Waals surface area contributed by atoms with Crippen molar-refractivity contribution in [1.82, 2.24) is 9.80 Å². The summed E-state index contributed by atoms with van der Waals surface area (Å²) in [5, 5.41) is 0. The molecule has 5 aliphatic rings. The Balaban J connectivity index is 0.938. The second-order valence-electron chi connectivity index (χ2n) is 18.2. The average molecular weight is 771 g/mol. The van der Waals surface area contributed by atoms with Gasteiger partial charge in [0.05, 0.1) is 0 Å². The normalized spacial score (nSPS) is 25.1. The zero-order valence-electron chi connectivity index (χ0n) is 33.4. The number of hydrogen-bond donors (Lipinski definition) is 0. The molecular weight excluding hydrogens is 716 g/mol. The molecule has 0 bridgehead atoms. The van der Waals surface area contributed by atoms with Crippen molar-refractivity contribution in [2.24, 2.45) is 11.8 Å². The lowest BCUT2D eigenvalue weighted by atomic mass is 9.84. The van der Waals surface area contributed by atoms with Crippen LogP contribution < -0.4 is 0 Å². The molecule has 2 amide bonds. The summed E-state index contributed by atoms with van der Waals surface area (Å²) in [7, 11) is 0. The second-order valence-corrected chi connectivity index (χ2v) is 18.2. The summed E-state index contributed by atoms with van der Waals surface area (Å²) in [4.78, 5) is 82.5. The number of ketones is 2. The largest absolute Gasteiger partial charge is 0.456 e. The Morgan fingerprint density at radius 1 is 0.571 bits per heavy atom. The Morgan fingerprint density at radius 2 is 0.964 bits per heavy atom. The van der Waals surface area contributed by atoms with Gasteiger partial charge in [-0.2, -0.15) is 0 Å². The molecule has 300 valence electrons. The van der Waals surface area contributed by atoms with E-state index in [0.717, 1.165) is 60.8 Å². The highest BCUT2D eigenvalue weighted by molar-refractivity contribution is 5.99. The number of esters is 2. The third-order valence-electron chi connectivity index (χ3n) is 11.9. The van der Waals surface area contributed by atoms with Gasteiger partial charge in [-0.15, -0.1) is 0 Å². The molecule has 3 aliphatic carbocycles. The monoisotopic (exact) mass is 770 g/mol. The van der Waals surface area contributed by atoms with E-state index in [1.54, 1.807) is 63.5 Å². The standard InChI is InChI=1S/C44H54N2O10/c1-43(2,3)55-41(51)45-33-11-7-9-27(33)21-35(45)39(49)53-23-37(47)29-15-13-25-18-32-20-30(16-14-26(32)17-31(25)19-29)38(48)24-54-40(50)36-22-28-10-8-12-34(28)46(36)42(52)56-44(4,5)6/h13-16,19-20,27-28,33-36H,7-12,17-18,21-24H2,1-6H3/t27-,28?,33-,34+,35-,36-/m0/s1. The Bertz CT molecular complexity index is 1790. The second kappa shape index (κ2) is 15.3. The van der Waals surface area contributed by atoms with Gasteiger partial charge < -0.3 is 18.9 Å². The van der Waals surface area contributed by atoms with Crippen molar-refractivity contribution in [3.63, 3.8) is 0 Å². The van der Waals surface area contributed by atoms with Crippen molar-refractivity contribution in [3.05, 3.63) is 69.8 Å². The molecule has 2 saturated carbocycles. The van der Waals surface area contributed by atoms with Crippen LogP contribution in [0.15, 0.2) is 36.4 Å². The maximum atomic E-state index is 13.3. The third-order valence-corrected chi connectivity index (χ3v) is 11.9. The third kappa shape index (κ3) is 8.34. The average Bonchev–Trinajstić information content (AvgIpc) is 3.91. The molecular formula is C44H54N2O10. The molecule has 4 fully saturated rings. The number of amides is 2. The van der Waals surface area contributed by atoms with Crippen LogP contribution in [0.5, 0.6) is 0 Å². The number of Topliss-reactive ketones (excluding diaryl/α,β-unsaturated/α-hetero) is 2. The van der Waals surface area contributed by atoms with E-state index >= 15 is 0 Å². The number of carbonyl (C=O) groups excluding carboxylic acids is 6. The van der Waals surface area contributed by atoms with E-state index in [-0.39, 0.29) is 35.5 Å². The van der Waals surface area contributed by atoms with Gasteiger partial charge in [0, 0.05) is 23.2 Å². The van der Waals surface area contributed by atoms with Crippen molar-refractivity contribution in [2.75, 3.05) is 13.2 Å². The molecule has 12 heteroatoms. The number of carbonyl (C=O) groups is 6. The van der Waals surface area contributed by atoms with Crippen LogP contribution in [0, 0.1) is 11.8 Å². The van der Waals surface area contributed by atoms with Crippen molar-refractivity contribution in [1.29, 1.82) is 0 Å². The number of rotatable bonds is 8. The molecule has 6 atom stereocenters. The van der Waals surface area contributed by atoms with Crippen LogP contribution in [-0.2, 0) is 41.4 Å². The number of fused-ring (bicyclic) bond motifs is 4. The summed E-state index contributed by atoms with van der Waals surface area (Å²) in [6.45, 7) is 9.89. The van der Waals surface area contributed by atoms with E-state index in [2.05, 4.69) is 0 Å². The minimum atomic E-state index is -0.779. The molecule has 2 saturated heterocycles. The minimum absolute atomic E-state index is 0.0616. The molecule has 2 heterocycles.